The van der Waals surface area contributed by atoms with Gasteiger partial charge in [0.2, 0.25) is 16.8 Å². The maximum Gasteiger partial charge on any atom is 0.234 e. The third-order valence-corrected chi connectivity index (χ3v) is 6.20. The normalized spacial score (nSPS) is 15.8. The fourth-order valence-corrected chi connectivity index (χ4v) is 4.38. The van der Waals surface area contributed by atoms with Crippen molar-refractivity contribution in [2.24, 2.45) is 0 Å². The zero-order valence-electron chi connectivity index (χ0n) is 16.5. The number of carbonyl (C=O) groups excluding carboxylic acids is 1. The van der Waals surface area contributed by atoms with Gasteiger partial charge in [-0.05, 0) is 12.8 Å². The van der Waals surface area contributed by atoms with Crippen LogP contribution in [0.1, 0.15) is 12.8 Å². The monoisotopic (exact) mass is 440 g/mol. The molecule has 1 fully saturated rings. The molecule has 2 heterocycles. The van der Waals surface area contributed by atoms with Gasteiger partial charge in [0.25, 0.3) is 0 Å². The van der Waals surface area contributed by atoms with Crippen LogP contribution < -0.4 is 24.8 Å². The summed E-state index contributed by atoms with van der Waals surface area (Å²) < 4.78 is 22.2. The quantitative estimate of drug-likeness (QED) is 0.540. The summed E-state index contributed by atoms with van der Waals surface area (Å²) in [6.45, 7) is 1.55. The van der Waals surface area contributed by atoms with Crippen LogP contribution in [0.15, 0.2) is 16.5 Å². The first kappa shape index (κ1) is 21.5. The van der Waals surface area contributed by atoms with Crippen molar-refractivity contribution in [1.29, 1.82) is 0 Å². The molecule has 0 spiro atoms. The van der Waals surface area contributed by atoms with Crippen molar-refractivity contribution >= 4 is 39.8 Å². The molecule has 1 unspecified atom stereocenters. The Hall–Kier alpha value is -2.24. The molecule has 11 heteroatoms. The molecule has 158 valence electrons. The van der Waals surface area contributed by atoms with Gasteiger partial charge in [0.15, 0.2) is 15.8 Å². The van der Waals surface area contributed by atoms with E-state index in [1.165, 1.54) is 44.4 Å². The van der Waals surface area contributed by atoms with Gasteiger partial charge >= 0.3 is 0 Å². The predicted octanol–water partition coefficient (Wildman–Crippen LogP) is 2.89. The lowest BCUT2D eigenvalue weighted by atomic mass is 10.2. The van der Waals surface area contributed by atoms with E-state index in [2.05, 4.69) is 20.8 Å². The lowest BCUT2D eigenvalue weighted by molar-refractivity contribution is -0.113. The molecule has 9 nitrogen and oxygen atoms in total. The summed E-state index contributed by atoms with van der Waals surface area (Å²) >= 11 is 2.75. The summed E-state index contributed by atoms with van der Waals surface area (Å²) in [5.74, 6) is 1.45. The summed E-state index contributed by atoms with van der Waals surface area (Å²) in [5, 5.41) is 15.0. The standard InChI is InChI=1S/C18H24N4O5S2/c1-24-13-7-11(8-14(25-2)16(13)26-3)20-15(23)10-28-18-22-21-17(29-18)19-9-12-5-4-6-27-12/h7-8,12H,4-6,9-10H2,1-3H3,(H,19,21)(H,20,23). The van der Waals surface area contributed by atoms with E-state index in [4.69, 9.17) is 18.9 Å². The van der Waals surface area contributed by atoms with Crippen molar-refractivity contribution < 1.29 is 23.7 Å². The molecular formula is C18H24N4O5S2. The molecule has 0 saturated carbocycles. The van der Waals surface area contributed by atoms with E-state index in [9.17, 15) is 4.79 Å². The van der Waals surface area contributed by atoms with Crippen LogP contribution >= 0.6 is 23.1 Å². The molecule has 29 heavy (non-hydrogen) atoms. The van der Waals surface area contributed by atoms with Gasteiger partial charge in [0, 0.05) is 31.0 Å². The smallest absolute Gasteiger partial charge is 0.234 e. The van der Waals surface area contributed by atoms with Crippen molar-refractivity contribution in [1.82, 2.24) is 10.2 Å². The van der Waals surface area contributed by atoms with Gasteiger partial charge in [-0.3, -0.25) is 4.79 Å². The van der Waals surface area contributed by atoms with Crippen LogP contribution in [-0.4, -0.2) is 62.4 Å². The van der Waals surface area contributed by atoms with E-state index in [0.717, 1.165) is 35.5 Å². The molecule has 2 N–H and O–H groups in total. The maximum atomic E-state index is 12.3. The average molecular weight is 441 g/mol. The van der Waals surface area contributed by atoms with Gasteiger partial charge in [-0.1, -0.05) is 23.1 Å². The van der Waals surface area contributed by atoms with E-state index in [-0.39, 0.29) is 17.8 Å². The van der Waals surface area contributed by atoms with Crippen LogP contribution in [0.2, 0.25) is 0 Å². The lowest BCUT2D eigenvalue weighted by Gasteiger charge is -2.14. The Morgan fingerprint density at radius 3 is 2.62 bits per heavy atom. The number of carbonyl (C=O) groups is 1. The Morgan fingerprint density at radius 1 is 1.24 bits per heavy atom. The minimum Gasteiger partial charge on any atom is -0.493 e. The topological polar surface area (TPSA) is 104 Å². The van der Waals surface area contributed by atoms with Crippen LogP contribution in [0, 0.1) is 0 Å². The number of ether oxygens (including phenoxy) is 4. The van der Waals surface area contributed by atoms with E-state index < -0.39 is 0 Å². The van der Waals surface area contributed by atoms with Gasteiger partial charge < -0.3 is 29.6 Å². The third kappa shape index (κ3) is 5.87. The molecule has 1 atom stereocenters. The molecule has 1 saturated heterocycles. The van der Waals surface area contributed by atoms with Crippen LogP contribution in [0.3, 0.4) is 0 Å². The molecule has 0 bridgehead atoms. The largest absolute Gasteiger partial charge is 0.493 e. The molecular weight excluding hydrogens is 416 g/mol. The Bertz CT molecular complexity index is 801. The van der Waals surface area contributed by atoms with Crippen molar-refractivity contribution in [3.8, 4) is 17.2 Å². The second-order valence-corrected chi connectivity index (χ2v) is 8.34. The molecule has 0 radical (unpaired) electrons. The first-order valence-corrected chi connectivity index (χ1v) is 10.8. The summed E-state index contributed by atoms with van der Waals surface area (Å²) in [7, 11) is 4.58. The number of benzene rings is 1. The Morgan fingerprint density at radius 2 is 2.00 bits per heavy atom. The molecule has 0 aliphatic carbocycles. The fourth-order valence-electron chi connectivity index (χ4n) is 2.82. The fraction of sp³-hybridized carbons (Fsp3) is 0.500. The number of thioether (sulfide) groups is 1. The number of rotatable bonds is 10. The molecule has 1 amide bonds. The number of aromatic nitrogens is 2. The highest BCUT2D eigenvalue weighted by Gasteiger charge is 2.17. The SMILES string of the molecule is COc1cc(NC(=O)CSc2nnc(NCC3CCCO3)s2)cc(OC)c1OC. The highest BCUT2D eigenvalue weighted by atomic mass is 32.2. The number of nitrogens with zero attached hydrogens (tertiary/aromatic N) is 2. The predicted molar refractivity (Wildman–Crippen MR) is 113 cm³/mol. The summed E-state index contributed by atoms with van der Waals surface area (Å²) in [4.78, 5) is 12.3. The number of methoxy groups -OCH3 is 3. The summed E-state index contributed by atoms with van der Waals surface area (Å²) in [6, 6.07) is 3.37. The molecule has 1 aromatic heterocycles. The van der Waals surface area contributed by atoms with Crippen LogP contribution in [0.5, 0.6) is 17.2 Å². The highest BCUT2D eigenvalue weighted by Crippen LogP contribution is 2.40. The highest BCUT2D eigenvalue weighted by molar-refractivity contribution is 8.01. The molecule has 1 aliphatic rings. The molecule has 1 aliphatic heterocycles. The number of hydrogen-bond acceptors (Lipinski definition) is 10. The van der Waals surface area contributed by atoms with Crippen molar-refractivity contribution in [3.05, 3.63) is 12.1 Å². The molecule has 2 aromatic rings. The Kier molecular flexibility index (Phi) is 7.78. The number of nitrogens with one attached hydrogen (secondary N) is 2. The van der Waals surface area contributed by atoms with Crippen LogP contribution in [0.25, 0.3) is 0 Å². The van der Waals surface area contributed by atoms with Gasteiger partial charge in [-0.15, -0.1) is 10.2 Å². The summed E-state index contributed by atoms with van der Waals surface area (Å²) in [5.41, 5.74) is 0.557. The zero-order chi connectivity index (χ0) is 20.6. The Balaban J connectivity index is 1.51. The second kappa shape index (κ2) is 10.5. The van der Waals surface area contributed by atoms with Crippen molar-refractivity contribution in [2.75, 3.05) is 50.9 Å². The number of hydrogen-bond donors (Lipinski definition) is 2. The summed E-state index contributed by atoms with van der Waals surface area (Å²) in [6.07, 6.45) is 2.40. The minimum atomic E-state index is -0.173. The van der Waals surface area contributed by atoms with Gasteiger partial charge in [0.1, 0.15) is 0 Å². The van der Waals surface area contributed by atoms with E-state index in [0.29, 0.717) is 22.9 Å². The van der Waals surface area contributed by atoms with E-state index in [1.807, 2.05) is 0 Å². The average Bonchev–Trinajstić information content (AvgIpc) is 3.41. The first-order chi connectivity index (χ1) is 14.1. The molecule has 3 rings (SSSR count). The Labute approximate surface area is 177 Å². The lowest BCUT2D eigenvalue weighted by Crippen LogP contribution is -2.18. The van der Waals surface area contributed by atoms with Crippen LogP contribution in [0.4, 0.5) is 10.8 Å². The number of amides is 1. The van der Waals surface area contributed by atoms with Gasteiger partial charge in [-0.2, -0.15) is 0 Å². The number of anilines is 2. The van der Waals surface area contributed by atoms with Gasteiger partial charge in [-0.25, -0.2) is 0 Å². The van der Waals surface area contributed by atoms with Crippen molar-refractivity contribution in [2.45, 2.75) is 23.3 Å². The van der Waals surface area contributed by atoms with Crippen LogP contribution in [-0.2, 0) is 9.53 Å². The minimum absolute atomic E-state index is 0.173. The zero-order valence-corrected chi connectivity index (χ0v) is 18.2. The van der Waals surface area contributed by atoms with E-state index >= 15 is 0 Å². The third-order valence-electron chi connectivity index (χ3n) is 4.19. The van der Waals surface area contributed by atoms with Gasteiger partial charge in [0.05, 0.1) is 33.2 Å². The first-order valence-electron chi connectivity index (χ1n) is 9.04. The second-order valence-electron chi connectivity index (χ2n) is 6.14. The van der Waals surface area contributed by atoms with E-state index in [1.54, 1.807) is 12.1 Å². The molecule has 1 aromatic carbocycles. The van der Waals surface area contributed by atoms with Crippen molar-refractivity contribution in [3.63, 3.8) is 0 Å². The maximum absolute atomic E-state index is 12.3.